The van der Waals surface area contributed by atoms with Gasteiger partial charge in [0.25, 0.3) is 0 Å². The lowest BCUT2D eigenvalue weighted by molar-refractivity contribution is 1.32. The fraction of sp³-hybridized carbons (Fsp3) is 0. The lowest BCUT2D eigenvalue weighted by atomic mass is 10.1. The van der Waals surface area contributed by atoms with Crippen LogP contribution in [-0.4, -0.2) is 4.98 Å². The summed E-state index contributed by atoms with van der Waals surface area (Å²) in [6.45, 7) is 0. The molecule has 0 atom stereocenters. The second-order valence-electron chi connectivity index (χ2n) is 2.63. The molecule has 0 unspecified atom stereocenters. The van der Waals surface area contributed by atoms with E-state index in [9.17, 15) is 0 Å². The van der Waals surface area contributed by atoms with Crippen molar-refractivity contribution in [2.75, 3.05) is 0 Å². The molecule has 0 bridgehead atoms. The van der Waals surface area contributed by atoms with E-state index in [0.717, 1.165) is 11.3 Å². The average molecular weight is 189 g/mol. The van der Waals surface area contributed by atoms with Gasteiger partial charge in [-0.15, -0.1) is 0 Å². The van der Waals surface area contributed by atoms with Crippen LogP contribution in [0.4, 0.5) is 0 Å². The van der Waals surface area contributed by atoms with Gasteiger partial charge >= 0.3 is 0 Å². The van der Waals surface area contributed by atoms with Gasteiger partial charge in [-0.1, -0.05) is 41.9 Å². The van der Waals surface area contributed by atoms with E-state index in [-0.39, 0.29) is 0 Å². The monoisotopic (exact) mass is 188 g/mol. The number of rotatable bonds is 1. The van der Waals surface area contributed by atoms with E-state index in [1.165, 1.54) is 0 Å². The summed E-state index contributed by atoms with van der Waals surface area (Å²) < 4.78 is 0. The van der Waals surface area contributed by atoms with Crippen LogP contribution in [0.15, 0.2) is 42.5 Å². The van der Waals surface area contributed by atoms with Crippen molar-refractivity contribution >= 4 is 11.6 Å². The maximum atomic E-state index is 5.76. The second kappa shape index (κ2) is 3.58. The van der Waals surface area contributed by atoms with Crippen molar-refractivity contribution in [2.24, 2.45) is 0 Å². The van der Waals surface area contributed by atoms with E-state index in [1.807, 2.05) is 30.3 Å². The molecule has 2 heteroatoms. The number of hydrogen-bond acceptors (Lipinski definition) is 1. The molecule has 1 nitrogen and oxygen atoms in total. The van der Waals surface area contributed by atoms with Crippen LogP contribution < -0.4 is 0 Å². The molecule has 0 N–H and O–H groups in total. The zero-order valence-electron chi connectivity index (χ0n) is 6.87. The lowest BCUT2D eigenvalue weighted by Crippen LogP contribution is -1.82. The molecule has 0 saturated heterocycles. The Morgan fingerprint density at radius 3 is 2.54 bits per heavy atom. The summed E-state index contributed by atoms with van der Waals surface area (Å²) in [6.07, 6.45) is 0. The van der Waals surface area contributed by atoms with Crippen LogP contribution in [0.5, 0.6) is 0 Å². The smallest absolute Gasteiger partial charge is 0.129 e. The Labute approximate surface area is 82.0 Å². The highest BCUT2D eigenvalue weighted by atomic mass is 35.5. The van der Waals surface area contributed by atoms with E-state index in [0.29, 0.717) is 5.15 Å². The Kier molecular flexibility index (Phi) is 2.28. The summed E-state index contributed by atoms with van der Waals surface area (Å²) in [5, 5.41) is 0.498. The van der Waals surface area contributed by atoms with Crippen molar-refractivity contribution in [1.82, 2.24) is 4.98 Å². The van der Waals surface area contributed by atoms with Crippen molar-refractivity contribution in [3.8, 4) is 11.3 Å². The third kappa shape index (κ3) is 1.87. The molecule has 1 heterocycles. The van der Waals surface area contributed by atoms with Gasteiger partial charge in [0.1, 0.15) is 5.15 Å². The molecular weight excluding hydrogens is 182 g/mol. The average Bonchev–Trinajstić information content (AvgIpc) is 2.19. The Bertz CT molecular complexity index is 398. The number of nitrogens with zero attached hydrogens (tertiary/aromatic N) is 1. The molecular formula is C11H7ClN. The predicted octanol–water partition coefficient (Wildman–Crippen LogP) is 3.20. The topological polar surface area (TPSA) is 12.9 Å². The van der Waals surface area contributed by atoms with Crippen molar-refractivity contribution in [1.29, 1.82) is 0 Å². The van der Waals surface area contributed by atoms with Crippen LogP contribution >= 0.6 is 11.6 Å². The fourth-order valence-corrected chi connectivity index (χ4v) is 1.26. The first-order chi connectivity index (χ1) is 6.36. The van der Waals surface area contributed by atoms with Crippen LogP contribution in [0.1, 0.15) is 0 Å². The molecule has 0 saturated carbocycles. The van der Waals surface area contributed by atoms with Gasteiger partial charge in [-0.2, -0.15) is 0 Å². The number of aromatic nitrogens is 1. The minimum atomic E-state index is 0.498. The van der Waals surface area contributed by atoms with Gasteiger partial charge in [0.15, 0.2) is 0 Å². The summed E-state index contributed by atoms with van der Waals surface area (Å²) in [7, 11) is 0. The van der Waals surface area contributed by atoms with Gasteiger partial charge in [0, 0.05) is 11.6 Å². The molecule has 2 aromatic rings. The Balaban J connectivity index is 2.48. The molecule has 1 radical (unpaired) electrons. The maximum Gasteiger partial charge on any atom is 0.129 e. The van der Waals surface area contributed by atoms with Crippen LogP contribution in [0.25, 0.3) is 11.3 Å². The van der Waals surface area contributed by atoms with Gasteiger partial charge in [0.2, 0.25) is 0 Å². The first-order valence-corrected chi connectivity index (χ1v) is 4.34. The number of hydrogen-bond donors (Lipinski definition) is 0. The van der Waals surface area contributed by atoms with E-state index in [2.05, 4.69) is 11.1 Å². The van der Waals surface area contributed by atoms with Crippen molar-refractivity contribution < 1.29 is 0 Å². The van der Waals surface area contributed by atoms with Gasteiger partial charge < -0.3 is 0 Å². The van der Waals surface area contributed by atoms with E-state index >= 15 is 0 Å². The summed E-state index contributed by atoms with van der Waals surface area (Å²) in [4.78, 5) is 4.15. The third-order valence-corrected chi connectivity index (χ3v) is 1.92. The largest absolute Gasteiger partial charge is 0.235 e. The highest BCUT2D eigenvalue weighted by molar-refractivity contribution is 6.29. The Hall–Kier alpha value is -1.34. The zero-order valence-corrected chi connectivity index (χ0v) is 7.62. The summed E-state index contributed by atoms with van der Waals surface area (Å²) in [6, 6.07) is 16.4. The second-order valence-corrected chi connectivity index (χ2v) is 3.01. The third-order valence-electron chi connectivity index (χ3n) is 1.71. The zero-order chi connectivity index (χ0) is 9.10. The molecule has 0 fully saturated rings. The van der Waals surface area contributed by atoms with E-state index in [4.69, 9.17) is 11.6 Å². The standard InChI is InChI=1S/C11H7ClN/c12-11-8-4-7-10(13-11)9-5-2-1-3-6-9/h1-6,8H. The predicted molar refractivity (Wildman–Crippen MR) is 53.5 cm³/mol. The Morgan fingerprint density at radius 2 is 1.85 bits per heavy atom. The highest BCUT2D eigenvalue weighted by Crippen LogP contribution is 2.17. The molecule has 0 amide bonds. The minimum Gasteiger partial charge on any atom is -0.235 e. The van der Waals surface area contributed by atoms with Crippen molar-refractivity contribution in [2.45, 2.75) is 0 Å². The highest BCUT2D eigenvalue weighted by Gasteiger charge is 1.97. The SMILES string of the molecule is Clc1cc[c]c(-c2ccccc2)n1. The first-order valence-electron chi connectivity index (χ1n) is 3.96. The number of benzene rings is 1. The van der Waals surface area contributed by atoms with E-state index < -0.39 is 0 Å². The molecule has 1 aromatic carbocycles. The van der Waals surface area contributed by atoms with Crippen LogP contribution in [0.2, 0.25) is 5.15 Å². The van der Waals surface area contributed by atoms with Crippen LogP contribution in [0, 0.1) is 6.07 Å². The minimum absolute atomic E-state index is 0.498. The van der Waals surface area contributed by atoms with Crippen molar-refractivity contribution in [3.05, 3.63) is 53.7 Å². The van der Waals surface area contributed by atoms with E-state index in [1.54, 1.807) is 12.1 Å². The van der Waals surface area contributed by atoms with Gasteiger partial charge in [-0.05, 0) is 12.1 Å². The summed E-state index contributed by atoms with van der Waals surface area (Å²) in [5.41, 5.74) is 1.82. The number of halogens is 1. The van der Waals surface area contributed by atoms with Crippen molar-refractivity contribution in [3.63, 3.8) is 0 Å². The molecule has 0 aliphatic heterocycles. The number of pyridine rings is 1. The maximum absolute atomic E-state index is 5.76. The lowest BCUT2D eigenvalue weighted by Gasteiger charge is -1.98. The normalized spacial score (nSPS) is 9.92. The fourth-order valence-electron chi connectivity index (χ4n) is 1.11. The molecule has 0 spiro atoms. The quantitative estimate of drug-likeness (QED) is 0.627. The molecule has 63 valence electrons. The van der Waals surface area contributed by atoms with Crippen LogP contribution in [-0.2, 0) is 0 Å². The molecule has 1 aromatic heterocycles. The van der Waals surface area contributed by atoms with Gasteiger partial charge in [-0.25, -0.2) is 4.98 Å². The van der Waals surface area contributed by atoms with Gasteiger partial charge in [0.05, 0.1) is 5.69 Å². The molecule has 0 aliphatic carbocycles. The summed E-state index contributed by atoms with van der Waals surface area (Å²) >= 11 is 5.76. The molecule has 13 heavy (non-hydrogen) atoms. The first kappa shape index (κ1) is 8.27. The summed E-state index contributed by atoms with van der Waals surface area (Å²) in [5.74, 6) is 0. The molecule has 2 rings (SSSR count). The van der Waals surface area contributed by atoms with Gasteiger partial charge in [-0.3, -0.25) is 0 Å². The van der Waals surface area contributed by atoms with Crippen LogP contribution in [0.3, 0.4) is 0 Å². The molecule has 0 aliphatic rings. The Morgan fingerprint density at radius 1 is 1.08 bits per heavy atom.